The number of hydrogen-bond acceptors (Lipinski definition) is 3. The molecule has 0 radical (unpaired) electrons. The van der Waals surface area contributed by atoms with Crippen LogP contribution in [0.1, 0.15) is 46.1 Å². The standard InChI is InChI=1S/C19H26F3NO3/c1-13(25-16-10-6-5-9-15(16)19(20,21)22)14-8-7-11-23(12-14)17(24)26-18(2,3)4/h5-6,9-10,13-14H,7-8,11-12H2,1-4H3/t13?,14-/m0/s1. The Bertz CT molecular complexity index is 625. The molecule has 0 spiro atoms. The molecule has 1 aromatic rings. The molecule has 0 saturated carbocycles. The Morgan fingerprint density at radius 2 is 1.88 bits per heavy atom. The van der Waals surface area contributed by atoms with Crippen molar-refractivity contribution in [1.29, 1.82) is 0 Å². The molecule has 0 aliphatic carbocycles. The number of piperidine rings is 1. The van der Waals surface area contributed by atoms with E-state index in [1.165, 1.54) is 18.2 Å². The van der Waals surface area contributed by atoms with E-state index < -0.39 is 29.5 Å². The van der Waals surface area contributed by atoms with Crippen LogP contribution in [0.25, 0.3) is 0 Å². The van der Waals surface area contributed by atoms with Crippen LogP contribution in [-0.2, 0) is 10.9 Å². The average Bonchev–Trinajstić information content (AvgIpc) is 2.53. The maximum Gasteiger partial charge on any atom is 0.419 e. The topological polar surface area (TPSA) is 38.8 Å². The lowest BCUT2D eigenvalue weighted by atomic mass is 9.93. The quantitative estimate of drug-likeness (QED) is 0.738. The molecule has 1 fully saturated rings. The number of amides is 1. The van der Waals surface area contributed by atoms with Crippen molar-refractivity contribution in [2.24, 2.45) is 5.92 Å². The molecular formula is C19H26F3NO3. The van der Waals surface area contributed by atoms with Crippen LogP contribution in [0, 0.1) is 5.92 Å². The Morgan fingerprint density at radius 3 is 2.50 bits per heavy atom. The van der Waals surface area contributed by atoms with E-state index in [2.05, 4.69) is 0 Å². The van der Waals surface area contributed by atoms with Crippen molar-refractivity contribution in [3.63, 3.8) is 0 Å². The van der Waals surface area contributed by atoms with Crippen LogP contribution in [0.3, 0.4) is 0 Å². The number of ether oxygens (including phenoxy) is 2. The molecule has 2 atom stereocenters. The predicted molar refractivity (Wildman–Crippen MR) is 92.1 cm³/mol. The van der Waals surface area contributed by atoms with Gasteiger partial charge in [-0.3, -0.25) is 0 Å². The smallest absolute Gasteiger partial charge is 0.419 e. The molecule has 1 heterocycles. The highest BCUT2D eigenvalue weighted by atomic mass is 19.4. The van der Waals surface area contributed by atoms with Crippen LogP contribution in [0.2, 0.25) is 0 Å². The first-order valence-electron chi connectivity index (χ1n) is 8.78. The molecule has 26 heavy (non-hydrogen) atoms. The number of benzene rings is 1. The van der Waals surface area contributed by atoms with E-state index in [9.17, 15) is 18.0 Å². The van der Waals surface area contributed by atoms with Crippen molar-refractivity contribution in [1.82, 2.24) is 4.90 Å². The molecule has 1 amide bonds. The van der Waals surface area contributed by atoms with Gasteiger partial charge in [0.2, 0.25) is 0 Å². The zero-order valence-corrected chi connectivity index (χ0v) is 15.6. The number of likely N-dealkylation sites (tertiary alicyclic amines) is 1. The second-order valence-corrected chi connectivity index (χ2v) is 7.65. The van der Waals surface area contributed by atoms with E-state index in [1.54, 1.807) is 32.6 Å². The highest BCUT2D eigenvalue weighted by Gasteiger charge is 2.36. The van der Waals surface area contributed by atoms with Gasteiger partial charge < -0.3 is 14.4 Å². The van der Waals surface area contributed by atoms with Crippen LogP contribution >= 0.6 is 0 Å². The van der Waals surface area contributed by atoms with Crippen LogP contribution < -0.4 is 4.74 Å². The van der Waals surface area contributed by atoms with Gasteiger partial charge in [0.05, 0.1) is 5.56 Å². The van der Waals surface area contributed by atoms with Crippen molar-refractivity contribution in [3.8, 4) is 5.75 Å². The van der Waals surface area contributed by atoms with Gasteiger partial charge in [-0.15, -0.1) is 0 Å². The van der Waals surface area contributed by atoms with Crippen LogP contribution in [0.15, 0.2) is 24.3 Å². The fraction of sp³-hybridized carbons (Fsp3) is 0.632. The summed E-state index contributed by atoms with van der Waals surface area (Å²) in [6, 6.07) is 5.19. The molecule has 4 nitrogen and oxygen atoms in total. The first-order valence-corrected chi connectivity index (χ1v) is 8.78. The largest absolute Gasteiger partial charge is 0.490 e. The maximum atomic E-state index is 13.1. The number of rotatable bonds is 3. The SMILES string of the molecule is CC(Oc1ccccc1C(F)(F)F)[C@H]1CCCN(C(=O)OC(C)(C)C)C1. The van der Waals surface area contributed by atoms with Crippen molar-refractivity contribution in [2.75, 3.05) is 13.1 Å². The lowest BCUT2D eigenvalue weighted by Crippen LogP contribution is -2.46. The Morgan fingerprint density at radius 1 is 1.23 bits per heavy atom. The van der Waals surface area contributed by atoms with Gasteiger partial charge in [0, 0.05) is 19.0 Å². The predicted octanol–water partition coefficient (Wildman–Crippen LogP) is 5.12. The molecule has 7 heteroatoms. The molecular weight excluding hydrogens is 347 g/mol. The minimum Gasteiger partial charge on any atom is -0.490 e. The molecule has 146 valence electrons. The summed E-state index contributed by atoms with van der Waals surface area (Å²) in [6.45, 7) is 8.13. The molecule has 0 aromatic heterocycles. The number of carbonyl (C=O) groups is 1. The zero-order valence-electron chi connectivity index (χ0n) is 15.6. The van der Waals surface area contributed by atoms with E-state index in [0.29, 0.717) is 13.1 Å². The van der Waals surface area contributed by atoms with Gasteiger partial charge in [-0.25, -0.2) is 4.79 Å². The third-order valence-electron chi connectivity index (χ3n) is 4.28. The Kier molecular flexibility index (Phi) is 6.09. The molecule has 0 N–H and O–H groups in total. The summed E-state index contributed by atoms with van der Waals surface area (Å²) >= 11 is 0. The third-order valence-corrected chi connectivity index (χ3v) is 4.28. The minimum atomic E-state index is -4.47. The van der Waals surface area contributed by atoms with Gasteiger partial charge in [-0.2, -0.15) is 13.2 Å². The first kappa shape index (κ1) is 20.4. The van der Waals surface area contributed by atoms with Gasteiger partial charge in [-0.1, -0.05) is 12.1 Å². The number of para-hydroxylation sites is 1. The lowest BCUT2D eigenvalue weighted by Gasteiger charge is -2.36. The highest BCUT2D eigenvalue weighted by Crippen LogP contribution is 2.37. The van der Waals surface area contributed by atoms with Crippen molar-refractivity contribution >= 4 is 6.09 Å². The van der Waals surface area contributed by atoms with Crippen molar-refractivity contribution in [2.45, 2.75) is 58.4 Å². The first-order chi connectivity index (χ1) is 12.0. The minimum absolute atomic E-state index is 0.0578. The molecule has 1 aromatic carbocycles. The fourth-order valence-corrected chi connectivity index (χ4v) is 2.99. The zero-order chi connectivity index (χ0) is 19.5. The third kappa shape index (κ3) is 5.54. The van der Waals surface area contributed by atoms with Crippen LogP contribution in [0.5, 0.6) is 5.75 Å². The maximum absolute atomic E-state index is 13.1. The number of alkyl halides is 3. The Labute approximate surface area is 152 Å². The summed E-state index contributed by atoms with van der Waals surface area (Å²) in [5.74, 6) is -0.237. The van der Waals surface area contributed by atoms with Gasteiger partial charge >= 0.3 is 12.3 Å². The Balaban J connectivity index is 2.04. The van der Waals surface area contributed by atoms with Crippen LogP contribution in [-0.4, -0.2) is 35.8 Å². The molecule has 1 aliphatic rings. The summed E-state index contributed by atoms with van der Waals surface area (Å²) in [5, 5.41) is 0. The van der Waals surface area contributed by atoms with Gasteiger partial charge in [0.1, 0.15) is 17.5 Å². The summed E-state index contributed by atoms with van der Waals surface area (Å²) in [7, 11) is 0. The molecule has 2 rings (SSSR count). The molecule has 1 saturated heterocycles. The molecule has 1 aliphatic heterocycles. The second-order valence-electron chi connectivity index (χ2n) is 7.65. The number of nitrogens with zero attached hydrogens (tertiary/aromatic N) is 1. The Hall–Kier alpha value is -1.92. The average molecular weight is 373 g/mol. The monoisotopic (exact) mass is 373 g/mol. The lowest BCUT2D eigenvalue weighted by molar-refractivity contribution is -0.139. The van der Waals surface area contributed by atoms with Gasteiger partial charge in [-0.05, 0) is 52.7 Å². The van der Waals surface area contributed by atoms with Crippen molar-refractivity contribution in [3.05, 3.63) is 29.8 Å². The van der Waals surface area contributed by atoms with E-state index in [1.807, 2.05) is 0 Å². The van der Waals surface area contributed by atoms with E-state index in [0.717, 1.165) is 18.9 Å². The number of halogens is 3. The summed E-state index contributed by atoms with van der Waals surface area (Å²) < 4.78 is 50.4. The van der Waals surface area contributed by atoms with E-state index >= 15 is 0 Å². The summed E-state index contributed by atoms with van der Waals surface area (Å²) in [6.07, 6.45) is -3.77. The second kappa shape index (κ2) is 7.76. The van der Waals surface area contributed by atoms with Gasteiger partial charge in [0.15, 0.2) is 0 Å². The highest BCUT2D eigenvalue weighted by molar-refractivity contribution is 5.68. The molecule has 0 bridgehead atoms. The summed E-state index contributed by atoms with van der Waals surface area (Å²) in [4.78, 5) is 13.8. The molecule has 1 unspecified atom stereocenters. The normalized spacial score (nSPS) is 19.8. The van der Waals surface area contributed by atoms with Crippen LogP contribution in [0.4, 0.5) is 18.0 Å². The number of hydrogen-bond donors (Lipinski definition) is 0. The fourth-order valence-electron chi connectivity index (χ4n) is 2.99. The van der Waals surface area contributed by atoms with Crippen molar-refractivity contribution < 1.29 is 27.4 Å². The number of carbonyl (C=O) groups excluding carboxylic acids is 1. The van der Waals surface area contributed by atoms with E-state index in [-0.39, 0.29) is 11.7 Å². The van der Waals surface area contributed by atoms with Gasteiger partial charge in [0.25, 0.3) is 0 Å². The van der Waals surface area contributed by atoms with E-state index in [4.69, 9.17) is 9.47 Å². The summed E-state index contributed by atoms with van der Waals surface area (Å²) in [5.41, 5.74) is -1.37.